The molecule has 0 saturated carbocycles. The lowest BCUT2D eigenvalue weighted by molar-refractivity contribution is 1.49. The molecule has 0 atom stereocenters. The standard InChI is InChI=1S/7C2H3N/c7*1-2-3/h7*1H3. The lowest BCUT2D eigenvalue weighted by Gasteiger charge is -1.15. The Morgan fingerprint density at radius 2 is 0.286 bits per heavy atom. The van der Waals surface area contributed by atoms with E-state index in [1.54, 1.807) is 42.5 Å². The van der Waals surface area contributed by atoms with Gasteiger partial charge in [0.1, 0.15) is 0 Å². The molecule has 0 saturated heterocycles. The van der Waals surface area contributed by atoms with Crippen molar-refractivity contribution in [3.8, 4) is 42.5 Å². The maximum absolute atomic E-state index is 7.32. The Bertz CT molecular complexity index is 288. The van der Waals surface area contributed by atoms with Gasteiger partial charge in [-0.05, 0) is 0 Å². The molecule has 0 heterocycles. The Labute approximate surface area is 128 Å². The summed E-state index contributed by atoms with van der Waals surface area (Å²) in [5, 5.41) is 51.2. The minimum Gasteiger partial charge on any atom is -0.199 e. The Hall–Kier alpha value is -3.57. The fourth-order valence-corrected chi connectivity index (χ4v) is 0. The summed E-state index contributed by atoms with van der Waals surface area (Å²) in [5.74, 6) is 0. The summed E-state index contributed by atoms with van der Waals surface area (Å²) >= 11 is 0. The number of hydrogen-bond acceptors (Lipinski definition) is 7. The number of nitrogens with zero attached hydrogens (tertiary/aromatic N) is 7. The van der Waals surface area contributed by atoms with E-state index in [4.69, 9.17) is 36.8 Å². The Morgan fingerprint density at radius 1 is 0.286 bits per heavy atom. The number of nitriles is 7. The lowest BCUT2D eigenvalue weighted by Crippen LogP contribution is -1.10. The van der Waals surface area contributed by atoms with E-state index in [1.807, 2.05) is 0 Å². The van der Waals surface area contributed by atoms with Crippen LogP contribution in [0.25, 0.3) is 0 Å². The van der Waals surface area contributed by atoms with E-state index >= 15 is 0 Å². The molecule has 0 unspecified atom stereocenters. The summed E-state index contributed by atoms with van der Waals surface area (Å²) < 4.78 is 0. The largest absolute Gasteiger partial charge is 0.199 e. The van der Waals surface area contributed by atoms with Gasteiger partial charge >= 0.3 is 0 Å². The van der Waals surface area contributed by atoms with Crippen molar-refractivity contribution in [2.75, 3.05) is 0 Å². The average Bonchev–Trinajstić information content (AvgIpc) is 2.35. The average molecular weight is 287 g/mol. The van der Waals surface area contributed by atoms with Gasteiger partial charge in [-0.25, -0.2) is 0 Å². The highest BCUT2D eigenvalue weighted by molar-refractivity contribution is 4.52. The predicted molar refractivity (Wildman–Crippen MR) is 79.0 cm³/mol. The van der Waals surface area contributed by atoms with Gasteiger partial charge in [-0.2, -0.15) is 36.8 Å². The summed E-state index contributed by atoms with van der Waals surface area (Å²) in [6.07, 6.45) is 0. The number of hydrogen-bond donors (Lipinski definition) is 0. The summed E-state index contributed by atoms with van der Waals surface area (Å²) in [7, 11) is 0. The fourth-order valence-electron chi connectivity index (χ4n) is 0. The van der Waals surface area contributed by atoms with E-state index in [0.717, 1.165) is 0 Å². The summed E-state index contributed by atoms with van der Waals surface area (Å²) in [5.41, 5.74) is 0. The molecule has 21 heavy (non-hydrogen) atoms. The third-order valence-electron chi connectivity index (χ3n) is 0. The van der Waals surface area contributed by atoms with Gasteiger partial charge in [0.15, 0.2) is 0 Å². The van der Waals surface area contributed by atoms with E-state index in [2.05, 4.69) is 0 Å². The zero-order chi connectivity index (χ0) is 18.9. The van der Waals surface area contributed by atoms with Gasteiger partial charge in [0.25, 0.3) is 0 Å². The molecule has 0 radical (unpaired) electrons. The summed E-state index contributed by atoms with van der Waals surface area (Å²) in [6, 6.07) is 12.2. The summed E-state index contributed by atoms with van der Waals surface area (Å²) in [4.78, 5) is 0. The lowest BCUT2D eigenvalue weighted by atomic mass is 11.0. The van der Waals surface area contributed by atoms with Crippen molar-refractivity contribution in [1.82, 2.24) is 0 Å². The van der Waals surface area contributed by atoms with Crippen LogP contribution in [0.1, 0.15) is 48.5 Å². The van der Waals surface area contributed by atoms with Gasteiger partial charge in [-0.1, -0.05) is 0 Å². The Morgan fingerprint density at radius 3 is 0.286 bits per heavy atom. The van der Waals surface area contributed by atoms with Crippen LogP contribution in [-0.2, 0) is 0 Å². The zero-order valence-electron chi connectivity index (χ0n) is 13.6. The molecule has 0 aliphatic rings. The third-order valence-corrected chi connectivity index (χ3v) is 0. The normalized spacial score (nSPS) is 2.67. The minimum absolute atomic E-state index is 1.43. The maximum atomic E-state index is 7.32. The van der Waals surface area contributed by atoms with Crippen LogP contribution >= 0.6 is 0 Å². The van der Waals surface area contributed by atoms with E-state index in [0.29, 0.717) is 0 Å². The fraction of sp³-hybridized carbons (Fsp3) is 0.500. The van der Waals surface area contributed by atoms with Crippen LogP contribution in [0.2, 0.25) is 0 Å². The molecule has 7 heteroatoms. The highest BCUT2D eigenvalue weighted by Gasteiger charge is 1.19. The van der Waals surface area contributed by atoms with E-state index < -0.39 is 0 Å². The molecular formula is C14H21N7. The first-order chi connectivity index (χ1) is 9.90. The monoisotopic (exact) mass is 287 g/mol. The van der Waals surface area contributed by atoms with E-state index in [-0.39, 0.29) is 0 Å². The first-order valence-corrected chi connectivity index (χ1v) is 5.07. The van der Waals surface area contributed by atoms with Crippen molar-refractivity contribution in [1.29, 1.82) is 36.8 Å². The maximum Gasteiger partial charge on any atom is 0.0587 e. The van der Waals surface area contributed by atoms with Crippen molar-refractivity contribution < 1.29 is 0 Å². The molecule has 0 aromatic heterocycles. The van der Waals surface area contributed by atoms with Crippen molar-refractivity contribution in [2.45, 2.75) is 48.5 Å². The Balaban J connectivity index is -0.0000000218. The molecule has 0 amide bonds. The molecule has 0 bridgehead atoms. The Kier molecular flexibility index (Phi) is 685. The number of rotatable bonds is 0. The highest BCUT2D eigenvalue weighted by Crippen LogP contribution is 1.23. The van der Waals surface area contributed by atoms with Gasteiger partial charge in [-0.3, -0.25) is 0 Å². The quantitative estimate of drug-likeness (QED) is 0.653. The van der Waals surface area contributed by atoms with Gasteiger partial charge in [-0.15, -0.1) is 0 Å². The SMILES string of the molecule is CC#N.CC#N.CC#N.CC#N.CC#N.CC#N.CC#N. The van der Waals surface area contributed by atoms with Crippen LogP contribution in [0.4, 0.5) is 0 Å². The van der Waals surface area contributed by atoms with Crippen LogP contribution < -0.4 is 0 Å². The molecule has 0 aliphatic heterocycles. The zero-order valence-corrected chi connectivity index (χ0v) is 13.6. The van der Waals surface area contributed by atoms with Crippen molar-refractivity contribution in [2.24, 2.45) is 0 Å². The molecule has 0 rings (SSSR count). The van der Waals surface area contributed by atoms with Gasteiger partial charge < -0.3 is 0 Å². The summed E-state index contributed by atoms with van der Waals surface area (Å²) in [6.45, 7) is 10.0. The van der Waals surface area contributed by atoms with Crippen LogP contribution in [0.5, 0.6) is 0 Å². The molecule has 0 aromatic rings. The second-order valence-corrected chi connectivity index (χ2v) is 1.57. The third kappa shape index (κ3) is 268. The van der Waals surface area contributed by atoms with Crippen molar-refractivity contribution in [3.05, 3.63) is 0 Å². The van der Waals surface area contributed by atoms with Gasteiger partial charge in [0, 0.05) is 48.5 Å². The first kappa shape index (κ1) is 43.3. The topological polar surface area (TPSA) is 167 Å². The molecule has 0 fully saturated rings. The van der Waals surface area contributed by atoms with E-state index in [1.165, 1.54) is 48.5 Å². The van der Waals surface area contributed by atoms with Crippen LogP contribution in [-0.4, -0.2) is 0 Å². The van der Waals surface area contributed by atoms with Crippen LogP contribution in [0, 0.1) is 79.3 Å². The van der Waals surface area contributed by atoms with E-state index in [9.17, 15) is 0 Å². The first-order valence-electron chi connectivity index (χ1n) is 5.07. The highest BCUT2D eigenvalue weighted by atomic mass is 14.2. The van der Waals surface area contributed by atoms with Crippen LogP contribution in [0.3, 0.4) is 0 Å². The van der Waals surface area contributed by atoms with Crippen LogP contribution in [0.15, 0.2) is 0 Å². The molecular weight excluding hydrogens is 266 g/mol. The minimum atomic E-state index is 1.43. The smallest absolute Gasteiger partial charge is 0.0587 e. The molecule has 7 nitrogen and oxygen atoms in total. The van der Waals surface area contributed by atoms with Crippen molar-refractivity contribution >= 4 is 0 Å². The van der Waals surface area contributed by atoms with Crippen molar-refractivity contribution in [3.63, 3.8) is 0 Å². The van der Waals surface area contributed by atoms with Gasteiger partial charge in [0.2, 0.25) is 0 Å². The predicted octanol–water partition coefficient (Wildman–Crippen LogP) is 3.71. The molecule has 112 valence electrons. The molecule has 0 N–H and O–H groups in total. The molecule has 0 aliphatic carbocycles. The second kappa shape index (κ2) is 332. The second-order valence-electron chi connectivity index (χ2n) is 1.57. The van der Waals surface area contributed by atoms with Gasteiger partial charge in [0.05, 0.1) is 42.5 Å². The molecule has 0 aromatic carbocycles. The molecule has 0 spiro atoms.